The molecule has 7 heteroatoms. The average Bonchev–Trinajstić information content (AvgIpc) is 3.08. The van der Waals surface area contributed by atoms with E-state index in [4.69, 9.17) is 0 Å². The number of aryl methyl sites for hydroxylation is 2. The van der Waals surface area contributed by atoms with Gasteiger partial charge in [-0.2, -0.15) is 20.7 Å². The topological polar surface area (TPSA) is 55.2 Å². The summed E-state index contributed by atoms with van der Waals surface area (Å²) in [6, 6.07) is 2.15. The Morgan fingerprint density at radius 3 is 2.45 bits per heavy atom. The molecule has 0 bridgehead atoms. The second kappa shape index (κ2) is 5.79. The van der Waals surface area contributed by atoms with E-state index in [2.05, 4.69) is 21.9 Å². The maximum atomic E-state index is 12.9. The van der Waals surface area contributed by atoms with Gasteiger partial charge in [0.1, 0.15) is 4.90 Å². The molecular weight excluding hydrogens is 318 g/mol. The Bertz CT molecular complexity index is 755. The van der Waals surface area contributed by atoms with Gasteiger partial charge in [-0.15, -0.1) is 0 Å². The van der Waals surface area contributed by atoms with Crippen LogP contribution in [-0.2, 0) is 17.1 Å². The van der Waals surface area contributed by atoms with E-state index in [1.807, 2.05) is 6.92 Å². The quantitative estimate of drug-likeness (QED) is 0.864. The van der Waals surface area contributed by atoms with Crippen LogP contribution in [0.15, 0.2) is 21.7 Å². The van der Waals surface area contributed by atoms with E-state index in [-0.39, 0.29) is 0 Å². The molecule has 0 aliphatic carbocycles. The number of rotatable bonds is 3. The van der Waals surface area contributed by atoms with Gasteiger partial charge in [-0.1, -0.05) is 0 Å². The van der Waals surface area contributed by atoms with Gasteiger partial charge >= 0.3 is 0 Å². The summed E-state index contributed by atoms with van der Waals surface area (Å²) in [5, 5.41) is 8.49. The molecule has 1 aliphatic rings. The number of aromatic nitrogens is 2. The fourth-order valence-corrected chi connectivity index (χ4v) is 5.81. The molecule has 0 unspecified atom stereocenters. The first-order valence-electron chi connectivity index (χ1n) is 7.43. The highest BCUT2D eigenvalue weighted by atomic mass is 32.2. The molecule has 1 saturated heterocycles. The third-order valence-electron chi connectivity index (χ3n) is 4.51. The third-order valence-corrected chi connectivity index (χ3v) is 7.36. The SMILES string of the molecule is Cc1nn(C)c(C)c1S(=O)(=O)N1CCC(c2ccsc2)CC1. The first kappa shape index (κ1) is 15.7. The smallest absolute Gasteiger partial charge is 0.246 e. The average molecular weight is 339 g/mol. The zero-order valence-corrected chi connectivity index (χ0v) is 14.7. The largest absolute Gasteiger partial charge is 0.271 e. The van der Waals surface area contributed by atoms with E-state index in [1.165, 1.54) is 5.56 Å². The third kappa shape index (κ3) is 2.61. The summed E-state index contributed by atoms with van der Waals surface area (Å²) in [6.45, 7) is 4.73. The minimum Gasteiger partial charge on any atom is -0.271 e. The van der Waals surface area contributed by atoms with Crippen LogP contribution in [0.5, 0.6) is 0 Å². The monoisotopic (exact) mass is 339 g/mol. The number of sulfonamides is 1. The van der Waals surface area contributed by atoms with Gasteiger partial charge in [-0.25, -0.2) is 8.42 Å². The van der Waals surface area contributed by atoms with E-state index in [0.717, 1.165) is 12.8 Å². The van der Waals surface area contributed by atoms with Crippen molar-refractivity contribution in [2.75, 3.05) is 13.1 Å². The van der Waals surface area contributed by atoms with Crippen molar-refractivity contribution in [3.05, 3.63) is 33.8 Å². The molecular formula is C15H21N3O2S2. The van der Waals surface area contributed by atoms with Gasteiger partial charge in [-0.3, -0.25) is 4.68 Å². The van der Waals surface area contributed by atoms with Crippen molar-refractivity contribution in [3.63, 3.8) is 0 Å². The van der Waals surface area contributed by atoms with E-state index in [1.54, 1.807) is 34.3 Å². The van der Waals surface area contributed by atoms with Gasteiger partial charge in [0.05, 0.1) is 11.4 Å². The summed E-state index contributed by atoms with van der Waals surface area (Å²) < 4.78 is 29.1. The summed E-state index contributed by atoms with van der Waals surface area (Å²) in [6.07, 6.45) is 1.77. The molecule has 5 nitrogen and oxygen atoms in total. The van der Waals surface area contributed by atoms with Gasteiger partial charge in [-0.05, 0) is 55.0 Å². The fraction of sp³-hybridized carbons (Fsp3) is 0.533. The zero-order valence-electron chi connectivity index (χ0n) is 13.1. The lowest BCUT2D eigenvalue weighted by atomic mass is 9.92. The standard InChI is InChI=1S/C15H21N3O2S2/c1-11-15(12(2)17(3)16-11)22(19,20)18-7-4-13(5-8-18)14-6-9-21-10-14/h6,9-10,13H,4-5,7-8H2,1-3H3. The highest BCUT2D eigenvalue weighted by molar-refractivity contribution is 7.89. The number of hydrogen-bond acceptors (Lipinski definition) is 4. The van der Waals surface area contributed by atoms with Crippen LogP contribution < -0.4 is 0 Å². The summed E-state index contributed by atoms with van der Waals surface area (Å²) in [5.74, 6) is 0.480. The number of thiophene rings is 1. The Morgan fingerprint density at radius 1 is 1.27 bits per heavy atom. The molecule has 2 aromatic heterocycles. The van der Waals surface area contributed by atoms with Gasteiger partial charge in [0.25, 0.3) is 0 Å². The Morgan fingerprint density at radius 2 is 1.95 bits per heavy atom. The predicted octanol–water partition coefficient (Wildman–Crippen LogP) is 2.67. The number of piperidine rings is 1. The molecule has 120 valence electrons. The lowest BCUT2D eigenvalue weighted by Crippen LogP contribution is -2.38. The lowest BCUT2D eigenvalue weighted by Gasteiger charge is -2.31. The van der Waals surface area contributed by atoms with Crippen LogP contribution in [-0.4, -0.2) is 35.6 Å². The number of hydrogen-bond donors (Lipinski definition) is 0. The molecule has 1 fully saturated rings. The highest BCUT2D eigenvalue weighted by Gasteiger charge is 2.33. The van der Waals surface area contributed by atoms with Crippen molar-refractivity contribution in [1.29, 1.82) is 0 Å². The van der Waals surface area contributed by atoms with E-state index >= 15 is 0 Å². The number of nitrogens with zero attached hydrogens (tertiary/aromatic N) is 3. The Kier molecular flexibility index (Phi) is 4.13. The molecule has 0 aromatic carbocycles. The van der Waals surface area contributed by atoms with Crippen molar-refractivity contribution in [3.8, 4) is 0 Å². The zero-order chi connectivity index (χ0) is 15.9. The van der Waals surface area contributed by atoms with Crippen LogP contribution in [0, 0.1) is 13.8 Å². The maximum Gasteiger partial charge on any atom is 0.246 e. The van der Waals surface area contributed by atoms with E-state index < -0.39 is 10.0 Å². The Hall–Kier alpha value is -1.18. The molecule has 1 aliphatic heterocycles. The summed E-state index contributed by atoms with van der Waals surface area (Å²) in [4.78, 5) is 0.379. The molecule has 3 rings (SSSR count). The molecule has 0 spiro atoms. The van der Waals surface area contributed by atoms with Crippen LogP contribution in [0.2, 0.25) is 0 Å². The molecule has 0 amide bonds. The fourth-order valence-electron chi connectivity index (χ4n) is 3.19. The van der Waals surface area contributed by atoms with Crippen molar-refractivity contribution in [2.45, 2.75) is 37.5 Å². The van der Waals surface area contributed by atoms with E-state index in [0.29, 0.717) is 35.3 Å². The summed E-state index contributed by atoms with van der Waals surface area (Å²) >= 11 is 1.70. The first-order chi connectivity index (χ1) is 10.4. The molecule has 0 saturated carbocycles. The van der Waals surface area contributed by atoms with Crippen molar-refractivity contribution in [2.24, 2.45) is 7.05 Å². The lowest BCUT2D eigenvalue weighted by molar-refractivity contribution is 0.319. The van der Waals surface area contributed by atoms with Gasteiger partial charge in [0, 0.05) is 20.1 Å². The van der Waals surface area contributed by atoms with Crippen molar-refractivity contribution < 1.29 is 8.42 Å². The van der Waals surface area contributed by atoms with Crippen LogP contribution in [0.1, 0.15) is 35.7 Å². The van der Waals surface area contributed by atoms with Gasteiger partial charge in [0.2, 0.25) is 10.0 Å². The second-order valence-electron chi connectivity index (χ2n) is 5.86. The molecule has 3 heterocycles. The highest BCUT2D eigenvalue weighted by Crippen LogP contribution is 2.32. The maximum absolute atomic E-state index is 12.9. The second-order valence-corrected chi connectivity index (χ2v) is 8.51. The Balaban J connectivity index is 1.80. The predicted molar refractivity (Wildman–Crippen MR) is 87.7 cm³/mol. The molecule has 0 radical (unpaired) electrons. The normalized spacial score (nSPS) is 18.0. The minimum absolute atomic E-state index is 0.379. The first-order valence-corrected chi connectivity index (χ1v) is 9.82. The molecule has 22 heavy (non-hydrogen) atoms. The van der Waals surface area contributed by atoms with Gasteiger partial charge < -0.3 is 0 Å². The molecule has 0 N–H and O–H groups in total. The van der Waals surface area contributed by atoms with Crippen LogP contribution >= 0.6 is 11.3 Å². The van der Waals surface area contributed by atoms with Gasteiger partial charge in [0.15, 0.2) is 0 Å². The van der Waals surface area contributed by atoms with Crippen LogP contribution in [0.25, 0.3) is 0 Å². The Labute approximate surface area is 135 Å². The molecule has 2 aromatic rings. The van der Waals surface area contributed by atoms with Crippen LogP contribution in [0.4, 0.5) is 0 Å². The van der Waals surface area contributed by atoms with Crippen molar-refractivity contribution >= 4 is 21.4 Å². The summed E-state index contributed by atoms with van der Waals surface area (Å²) in [7, 11) is -1.66. The molecule has 0 atom stereocenters. The van der Waals surface area contributed by atoms with Crippen molar-refractivity contribution in [1.82, 2.24) is 14.1 Å². The summed E-state index contributed by atoms with van der Waals surface area (Å²) in [5.41, 5.74) is 2.63. The van der Waals surface area contributed by atoms with E-state index in [9.17, 15) is 8.42 Å². The minimum atomic E-state index is -3.44. The van der Waals surface area contributed by atoms with Crippen LogP contribution in [0.3, 0.4) is 0 Å².